The maximum atomic E-state index is 12.1. The van der Waals surface area contributed by atoms with Gasteiger partial charge in [0, 0.05) is 6.92 Å². The zero-order valence-electron chi connectivity index (χ0n) is 13.1. The second-order valence-corrected chi connectivity index (χ2v) is 6.78. The third kappa shape index (κ3) is 6.18. The van der Waals surface area contributed by atoms with Gasteiger partial charge in [0.1, 0.15) is 6.61 Å². The van der Waals surface area contributed by atoms with Crippen molar-refractivity contribution in [2.24, 2.45) is 0 Å². The minimum atomic E-state index is -3.59. The number of hydrogen-bond acceptors (Lipinski definition) is 7. The Morgan fingerprint density at radius 1 is 1.14 bits per heavy atom. The number of esters is 1. The molecule has 9 heteroatoms. The number of nitrogens with zero attached hydrogens (tertiary/aromatic N) is 1. The summed E-state index contributed by atoms with van der Waals surface area (Å²) >= 11 is 0. The SMILES string of the molecule is CCOC(=O)N1[C@@H](COC(C)=O)CCC[C@H]1COS(C)(=O)=O. The Hall–Kier alpha value is -1.35. The molecule has 0 unspecified atom stereocenters. The van der Waals surface area contributed by atoms with Crippen molar-refractivity contribution in [2.75, 3.05) is 26.1 Å². The fraction of sp³-hybridized carbons (Fsp3) is 0.846. The molecule has 0 aromatic rings. The van der Waals surface area contributed by atoms with E-state index in [4.69, 9.17) is 13.7 Å². The zero-order valence-corrected chi connectivity index (χ0v) is 13.9. The second-order valence-electron chi connectivity index (χ2n) is 5.14. The van der Waals surface area contributed by atoms with Gasteiger partial charge in [-0.1, -0.05) is 0 Å². The first-order valence-corrected chi connectivity index (χ1v) is 8.99. The average Bonchev–Trinajstić information content (AvgIpc) is 2.42. The molecule has 2 atom stereocenters. The lowest BCUT2D eigenvalue weighted by molar-refractivity contribution is -0.143. The Morgan fingerprint density at radius 2 is 1.73 bits per heavy atom. The number of amides is 1. The summed E-state index contributed by atoms with van der Waals surface area (Å²) in [6.07, 6.45) is 2.44. The van der Waals surface area contributed by atoms with Gasteiger partial charge >= 0.3 is 12.1 Å². The number of piperidine rings is 1. The molecule has 8 nitrogen and oxygen atoms in total. The van der Waals surface area contributed by atoms with Crippen LogP contribution in [0.15, 0.2) is 0 Å². The first kappa shape index (κ1) is 18.7. The number of hydrogen-bond donors (Lipinski definition) is 0. The van der Waals surface area contributed by atoms with Gasteiger partial charge in [-0.3, -0.25) is 13.9 Å². The summed E-state index contributed by atoms with van der Waals surface area (Å²) in [5.41, 5.74) is 0. The molecule has 1 aliphatic heterocycles. The molecule has 1 aliphatic rings. The normalized spacial score (nSPS) is 22.2. The van der Waals surface area contributed by atoms with E-state index in [0.29, 0.717) is 12.8 Å². The fourth-order valence-electron chi connectivity index (χ4n) is 2.40. The van der Waals surface area contributed by atoms with E-state index < -0.39 is 28.2 Å². The van der Waals surface area contributed by atoms with Gasteiger partial charge in [0.05, 0.1) is 31.6 Å². The molecule has 0 aromatic heterocycles. The summed E-state index contributed by atoms with van der Waals surface area (Å²) in [5, 5.41) is 0. The van der Waals surface area contributed by atoms with E-state index >= 15 is 0 Å². The van der Waals surface area contributed by atoms with E-state index in [0.717, 1.165) is 12.7 Å². The summed E-state index contributed by atoms with van der Waals surface area (Å²) in [6, 6.07) is -0.770. The van der Waals surface area contributed by atoms with E-state index in [1.54, 1.807) is 6.92 Å². The van der Waals surface area contributed by atoms with Crippen molar-refractivity contribution in [1.82, 2.24) is 4.90 Å². The van der Waals surface area contributed by atoms with Crippen molar-refractivity contribution in [3.8, 4) is 0 Å². The van der Waals surface area contributed by atoms with Crippen LogP contribution in [0.4, 0.5) is 4.79 Å². The Bertz CT molecular complexity index is 491. The molecule has 0 N–H and O–H groups in total. The molecule has 1 rings (SSSR count). The van der Waals surface area contributed by atoms with Gasteiger partial charge in [-0.05, 0) is 26.2 Å². The predicted octanol–water partition coefficient (Wildman–Crippen LogP) is 0.905. The van der Waals surface area contributed by atoms with Gasteiger partial charge < -0.3 is 9.47 Å². The molecule has 0 aromatic carbocycles. The number of ether oxygens (including phenoxy) is 2. The Morgan fingerprint density at radius 3 is 2.23 bits per heavy atom. The molecule has 128 valence electrons. The van der Waals surface area contributed by atoms with Gasteiger partial charge in [-0.25, -0.2) is 4.79 Å². The van der Waals surface area contributed by atoms with Crippen LogP contribution in [0.5, 0.6) is 0 Å². The standard InChI is InChI=1S/C13H23NO7S/c1-4-19-13(16)14-11(8-20-10(2)15)6-5-7-12(14)9-21-22(3,17)18/h11-12H,4-9H2,1-3H3/t11-,12+/m1/s1. The monoisotopic (exact) mass is 337 g/mol. The minimum absolute atomic E-state index is 0.0591. The van der Waals surface area contributed by atoms with Crippen LogP contribution in [0, 0.1) is 0 Å². The molecule has 1 heterocycles. The van der Waals surface area contributed by atoms with Crippen LogP contribution < -0.4 is 0 Å². The topological polar surface area (TPSA) is 99.2 Å². The molecular weight excluding hydrogens is 314 g/mol. The smallest absolute Gasteiger partial charge is 0.410 e. The van der Waals surface area contributed by atoms with Crippen LogP contribution in [-0.2, 0) is 28.6 Å². The molecule has 1 saturated heterocycles. The van der Waals surface area contributed by atoms with Crippen molar-refractivity contribution in [1.29, 1.82) is 0 Å². The van der Waals surface area contributed by atoms with Crippen molar-refractivity contribution in [2.45, 2.75) is 45.2 Å². The van der Waals surface area contributed by atoms with Crippen molar-refractivity contribution in [3.63, 3.8) is 0 Å². The molecule has 0 aliphatic carbocycles. The van der Waals surface area contributed by atoms with Crippen LogP contribution in [0.2, 0.25) is 0 Å². The zero-order chi connectivity index (χ0) is 16.8. The molecule has 0 saturated carbocycles. The largest absolute Gasteiger partial charge is 0.464 e. The molecule has 0 radical (unpaired) electrons. The second kappa shape index (κ2) is 8.33. The average molecular weight is 337 g/mol. The van der Waals surface area contributed by atoms with Crippen molar-refractivity contribution < 1.29 is 31.7 Å². The Balaban J connectivity index is 2.82. The van der Waals surface area contributed by atoms with Gasteiger partial charge in [-0.15, -0.1) is 0 Å². The lowest BCUT2D eigenvalue weighted by atomic mass is 9.97. The van der Waals surface area contributed by atoms with Gasteiger partial charge in [0.2, 0.25) is 0 Å². The van der Waals surface area contributed by atoms with Crippen LogP contribution in [-0.4, -0.2) is 63.5 Å². The van der Waals surface area contributed by atoms with Gasteiger partial charge in [0.15, 0.2) is 0 Å². The third-order valence-corrected chi connectivity index (χ3v) is 3.86. The maximum Gasteiger partial charge on any atom is 0.410 e. The van der Waals surface area contributed by atoms with E-state index in [2.05, 4.69) is 0 Å². The molecule has 0 bridgehead atoms. The van der Waals surface area contributed by atoms with Crippen LogP contribution >= 0.6 is 0 Å². The van der Waals surface area contributed by atoms with Crippen molar-refractivity contribution >= 4 is 22.2 Å². The number of rotatable bonds is 6. The van der Waals surface area contributed by atoms with E-state index in [1.807, 2.05) is 0 Å². The lowest BCUT2D eigenvalue weighted by Crippen LogP contribution is -2.54. The third-order valence-electron chi connectivity index (χ3n) is 3.29. The fourth-order valence-corrected chi connectivity index (χ4v) is 2.81. The molecule has 22 heavy (non-hydrogen) atoms. The van der Waals surface area contributed by atoms with Gasteiger partial charge in [0.25, 0.3) is 10.1 Å². The molecule has 1 fully saturated rings. The van der Waals surface area contributed by atoms with Crippen LogP contribution in [0.1, 0.15) is 33.1 Å². The Kier molecular flexibility index (Phi) is 7.08. The van der Waals surface area contributed by atoms with Gasteiger partial charge in [-0.2, -0.15) is 8.42 Å². The molecule has 1 amide bonds. The van der Waals surface area contributed by atoms with Crippen LogP contribution in [0.25, 0.3) is 0 Å². The summed E-state index contributed by atoms with van der Waals surface area (Å²) in [6.45, 7) is 3.11. The summed E-state index contributed by atoms with van der Waals surface area (Å²) < 4.78 is 37.1. The highest BCUT2D eigenvalue weighted by Crippen LogP contribution is 2.25. The minimum Gasteiger partial charge on any atom is -0.464 e. The number of carbonyl (C=O) groups excluding carboxylic acids is 2. The number of likely N-dealkylation sites (tertiary alicyclic amines) is 1. The highest BCUT2D eigenvalue weighted by atomic mass is 32.2. The molecular formula is C13H23NO7S. The summed E-state index contributed by atoms with van der Waals surface area (Å²) in [7, 11) is -3.59. The van der Waals surface area contributed by atoms with E-state index in [-0.39, 0.29) is 25.9 Å². The van der Waals surface area contributed by atoms with Crippen molar-refractivity contribution in [3.05, 3.63) is 0 Å². The highest BCUT2D eigenvalue weighted by molar-refractivity contribution is 7.85. The van der Waals surface area contributed by atoms with Crippen LogP contribution in [0.3, 0.4) is 0 Å². The lowest BCUT2D eigenvalue weighted by Gasteiger charge is -2.40. The highest BCUT2D eigenvalue weighted by Gasteiger charge is 2.36. The summed E-state index contributed by atoms with van der Waals surface area (Å²) in [4.78, 5) is 24.5. The predicted molar refractivity (Wildman–Crippen MR) is 77.7 cm³/mol. The Labute approximate surface area is 130 Å². The quantitative estimate of drug-likeness (QED) is 0.524. The first-order chi connectivity index (χ1) is 10.2. The van der Waals surface area contributed by atoms with E-state index in [9.17, 15) is 18.0 Å². The maximum absolute atomic E-state index is 12.1. The molecule has 0 spiro atoms. The van der Waals surface area contributed by atoms with E-state index in [1.165, 1.54) is 11.8 Å². The summed E-state index contributed by atoms with van der Waals surface area (Å²) in [5.74, 6) is -0.432. The first-order valence-electron chi connectivity index (χ1n) is 7.17. The number of carbonyl (C=O) groups is 2.